The molecular formula is C10H14N4S. The van der Waals surface area contributed by atoms with Gasteiger partial charge in [-0.15, -0.1) is 11.8 Å². The first-order chi connectivity index (χ1) is 7.16. The molecule has 0 saturated heterocycles. The molecule has 2 aromatic rings. The summed E-state index contributed by atoms with van der Waals surface area (Å²) >= 11 is 1.80. The van der Waals surface area contributed by atoms with Crippen molar-refractivity contribution in [1.29, 1.82) is 0 Å². The molecule has 2 aromatic heterocycles. The van der Waals surface area contributed by atoms with Crippen LogP contribution in [0.4, 0.5) is 0 Å². The molecule has 0 atom stereocenters. The largest absolute Gasteiger partial charge is 0.253 e. The normalized spacial score (nSPS) is 11.5. The summed E-state index contributed by atoms with van der Waals surface area (Å²) in [5, 5.41) is 5.27. The van der Waals surface area contributed by atoms with Gasteiger partial charge in [-0.3, -0.25) is 0 Å². The number of fused-ring (bicyclic) bond motifs is 1. The minimum absolute atomic E-state index is 0.669. The Hall–Kier alpha value is -1.10. The van der Waals surface area contributed by atoms with Crippen molar-refractivity contribution in [3.63, 3.8) is 0 Å². The third-order valence-corrected chi connectivity index (χ3v) is 3.33. The summed E-state index contributed by atoms with van der Waals surface area (Å²) in [6, 6.07) is 2.05. The molecule has 0 spiro atoms. The molecule has 2 heterocycles. The maximum Gasteiger partial charge on any atom is 0.253 e. The van der Waals surface area contributed by atoms with Gasteiger partial charge in [0.2, 0.25) is 0 Å². The number of hydrogen-bond donors (Lipinski definition) is 0. The lowest BCUT2D eigenvalue weighted by Gasteiger charge is -2.06. The molecule has 0 amide bonds. The highest BCUT2D eigenvalue weighted by Gasteiger charge is 2.06. The van der Waals surface area contributed by atoms with Crippen LogP contribution in [0, 0.1) is 12.8 Å². The van der Waals surface area contributed by atoms with Crippen LogP contribution < -0.4 is 0 Å². The van der Waals surface area contributed by atoms with Crippen LogP contribution >= 0.6 is 11.8 Å². The quantitative estimate of drug-likeness (QED) is 0.589. The van der Waals surface area contributed by atoms with Crippen LogP contribution in [0.5, 0.6) is 0 Å². The van der Waals surface area contributed by atoms with Crippen LogP contribution in [0.25, 0.3) is 5.78 Å². The monoisotopic (exact) mass is 222 g/mol. The van der Waals surface area contributed by atoms with Crippen molar-refractivity contribution in [2.24, 2.45) is 5.92 Å². The molecule has 0 aliphatic heterocycles. The van der Waals surface area contributed by atoms with E-state index in [-0.39, 0.29) is 0 Å². The van der Waals surface area contributed by atoms with Crippen molar-refractivity contribution in [3.8, 4) is 0 Å². The second kappa shape index (κ2) is 4.18. The van der Waals surface area contributed by atoms with Crippen LogP contribution in [0.15, 0.2) is 17.4 Å². The van der Waals surface area contributed by atoms with Crippen LogP contribution in [0.3, 0.4) is 0 Å². The van der Waals surface area contributed by atoms with Gasteiger partial charge in [-0.05, 0) is 18.9 Å². The highest BCUT2D eigenvalue weighted by molar-refractivity contribution is 7.99. The summed E-state index contributed by atoms with van der Waals surface area (Å²) in [6.45, 7) is 6.40. The summed E-state index contributed by atoms with van der Waals surface area (Å²) in [7, 11) is 0. The van der Waals surface area contributed by atoms with E-state index in [4.69, 9.17) is 0 Å². The Labute approximate surface area is 93.1 Å². The van der Waals surface area contributed by atoms with E-state index in [1.807, 2.05) is 6.92 Å². The van der Waals surface area contributed by atoms with Gasteiger partial charge in [-0.1, -0.05) is 13.8 Å². The second-order valence-corrected chi connectivity index (χ2v) is 4.95. The van der Waals surface area contributed by atoms with E-state index in [0.29, 0.717) is 11.7 Å². The molecule has 0 saturated carbocycles. The fourth-order valence-electron chi connectivity index (χ4n) is 1.25. The SMILES string of the molecule is Cc1cc(SCC(C)C)n2ncnc2n1. The summed E-state index contributed by atoms with van der Waals surface area (Å²) in [6.07, 6.45) is 1.54. The predicted molar refractivity (Wildman–Crippen MR) is 61.1 cm³/mol. The van der Waals surface area contributed by atoms with Gasteiger partial charge in [0.1, 0.15) is 11.4 Å². The molecule has 0 N–H and O–H groups in total. The van der Waals surface area contributed by atoms with E-state index >= 15 is 0 Å². The Bertz CT molecular complexity index is 463. The van der Waals surface area contributed by atoms with Crippen LogP contribution in [-0.4, -0.2) is 25.3 Å². The van der Waals surface area contributed by atoms with Crippen molar-refractivity contribution in [2.45, 2.75) is 25.8 Å². The summed E-state index contributed by atoms with van der Waals surface area (Å²) in [5.74, 6) is 2.43. The topological polar surface area (TPSA) is 43.1 Å². The number of thioether (sulfide) groups is 1. The Balaban J connectivity index is 2.35. The minimum Gasteiger partial charge on any atom is -0.216 e. The predicted octanol–water partition coefficient (Wildman–Crippen LogP) is 2.18. The van der Waals surface area contributed by atoms with Crippen molar-refractivity contribution >= 4 is 17.5 Å². The van der Waals surface area contributed by atoms with Gasteiger partial charge in [0.15, 0.2) is 0 Å². The average molecular weight is 222 g/mol. The maximum atomic E-state index is 4.30. The average Bonchev–Trinajstić information content (AvgIpc) is 2.61. The first kappa shape index (κ1) is 10.4. The van der Waals surface area contributed by atoms with E-state index in [2.05, 4.69) is 35.0 Å². The van der Waals surface area contributed by atoms with E-state index in [9.17, 15) is 0 Å². The number of nitrogens with zero attached hydrogens (tertiary/aromatic N) is 4. The van der Waals surface area contributed by atoms with Gasteiger partial charge in [-0.25, -0.2) is 4.98 Å². The lowest BCUT2D eigenvalue weighted by atomic mass is 10.3. The fraction of sp³-hybridized carbons (Fsp3) is 0.500. The minimum atomic E-state index is 0.669. The molecule has 0 aliphatic carbocycles. The lowest BCUT2D eigenvalue weighted by Crippen LogP contribution is -1.99. The van der Waals surface area contributed by atoms with Crippen LogP contribution in [0.2, 0.25) is 0 Å². The molecule has 2 rings (SSSR count). The molecule has 0 aromatic carbocycles. The maximum absolute atomic E-state index is 4.30. The molecule has 0 aliphatic rings. The van der Waals surface area contributed by atoms with Crippen molar-refractivity contribution in [1.82, 2.24) is 19.6 Å². The van der Waals surface area contributed by atoms with Gasteiger partial charge in [0, 0.05) is 11.4 Å². The molecule has 4 nitrogen and oxygen atoms in total. The standard InChI is InChI=1S/C10H14N4S/c1-7(2)5-15-9-4-8(3)13-10-11-6-12-14(9)10/h4,6-7H,5H2,1-3H3. The van der Waals surface area contributed by atoms with Gasteiger partial charge in [0.25, 0.3) is 5.78 Å². The van der Waals surface area contributed by atoms with Gasteiger partial charge in [-0.2, -0.15) is 14.6 Å². The molecular weight excluding hydrogens is 208 g/mol. The smallest absolute Gasteiger partial charge is 0.216 e. The molecule has 0 radical (unpaired) electrons. The summed E-state index contributed by atoms with van der Waals surface area (Å²) in [4.78, 5) is 8.39. The van der Waals surface area contributed by atoms with Gasteiger partial charge >= 0.3 is 0 Å². The van der Waals surface area contributed by atoms with Crippen molar-refractivity contribution in [3.05, 3.63) is 18.1 Å². The number of aryl methyl sites for hydroxylation is 1. The van der Waals surface area contributed by atoms with Crippen LogP contribution in [-0.2, 0) is 0 Å². The number of aromatic nitrogens is 4. The molecule has 0 unspecified atom stereocenters. The summed E-state index contributed by atoms with van der Waals surface area (Å²) < 4.78 is 1.79. The van der Waals surface area contributed by atoms with E-state index in [1.165, 1.54) is 0 Å². The van der Waals surface area contributed by atoms with Gasteiger partial charge in [0.05, 0.1) is 0 Å². The highest BCUT2D eigenvalue weighted by atomic mass is 32.2. The van der Waals surface area contributed by atoms with E-state index < -0.39 is 0 Å². The number of hydrogen-bond acceptors (Lipinski definition) is 4. The first-order valence-electron chi connectivity index (χ1n) is 4.97. The second-order valence-electron chi connectivity index (χ2n) is 3.91. The lowest BCUT2D eigenvalue weighted by molar-refractivity contribution is 0.745. The van der Waals surface area contributed by atoms with Gasteiger partial charge < -0.3 is 0 Å². The van der Waals surface area contributed by atoms with E-state index in [1.54, 1.807) is 22.6 Å². The molecule has 15 heavy (non-hydrogen) atoms. The molecule has 0 bridgehead atoms. The molecule has 0 fully saturated rings. The molecule has 5 heteroatoms. The summed E-state index contributed by atoms with van der Waals surface area (Å²) in [5.41, 5.74) is 0.988. The first-order valence-corrected chi connectivity index (χ1v) is 5.95. The van der Waals surface area contributed by atoms with Crippen LogP contribution in [0.1, 0.15) is 19.5 Å². The third kappa shape index (κ3) is 2.28. The zero-order valence-electron chi connectivity index (χ0n) is 9.14. The Kier molecular flexibility index (Phi) is 2.90. The zero-order valence-corrected chi connectivity index (χ0v) is 9.95. The Morgan fingerprint density at radius 2 is 2.27 bits per heavy atom. The number of rotatable bonds is 3. The zero-order chi connectivity index (χ0) is 10.8. The van der Waals surface area contributed by atoms with E-state index in [0.717, 1.165) is 16.5 Å². The van der Waals surface area contributed by atoms with Crippen molar-refractivity contribution < 1.29 is 0 Å². The van der Waals surface area contributed by atoms with Crippen molar-refractivity contribution in [2.75, 3.05) is 5.75 Å². The highest BCUT2D eigenvalue weighted by Crippen LogP contribution is 2.20. The Morgan fingerprint density at radius 1 is 1.47 bits per heavy atom. The molecule has 80 valence electrons. The third-order valence-electron chi connectivity index (χ3n) is 1.91. The Morgan fingerprint density at radius 3 is 3.00 bits per heavy atom. The fourth-order valence-corrected chi connectivity index (χ4v) is 2.26.